The molecule has 0 spiro atoms. The van der Waals surface area contributed by atoms with Gasteiger partial charge >= 0.3 is 5.97 Å². The number of esters is 1. The van der Waals surface area contributed by atoms with Crippen LogP contribution in [0.15, 0.2) is 4.99 Å². The Bertz CT molecular complexity index is 309. The van der Waals surface area contributed by atoms with Gasteiger partial charge in [0.15, 0.2) is 0 Å². The van der Waals surface area contributed by atoms with Crippen molar-refractivity contribution in [2.45, 2.75) is 6.92 Å². The van der Waals surface area contributed by atoms with Gasteiger partial charge in [-0.2, -0.15) is 0 Å². The molecule has 0 fully saturated rings. The van der Waals surface area contributed by atoms with Crippen LogP contribution in [0.2, 0.25) is 0 Å². The number of likely N-dealkylation sites (N-methyl/N-ethyl adjacent to an activating group) is 1. The molecular weight excluding hydrogens is 228 g/mol. The molecule has 90 valence electrons. The first kappa shape index (κ1) is 14.9. The Morgan fingerprint density at radius 2 is 2.06 bits per heavy atom. The topological polar surface area (TPSA) is 55.7 Å². The molecule has 0 aromatic heterocycles. The minimum atomic E-state index is -0.771. The summed E-state index contributed by atoms with van der Waals surface area (Å²) in [5.74, 6) is -1.29. The lowest BCUT2D eigenvalue weighted by atomic mass is 10.3. The van der Waals surface area contributed by atoms with Crippen LogP contribution < -0.4 is 0 Å². The number of ether oxygens (including phenoxy) is 1. The van der Waals surface area contributed by atoms with Gasteiger partial charge in [0.05, 0.1) is 39.0 Å². The molecule has 0 aromatic rings. The van der Waals surface area contributed by atoms with Crippen LogP contribution in [-0.2, 0) is 14.3 Å². The Labute approximate surface area is 101 Å². The summed E-state index contributed by atoms with van der Waals surface area (Å²) < 4.78 is 5.00. The summed E-state index contributed by atoms with van der Waals surface area (Å²) >= 11 is 4.44. The molecule has 0 aromatic carbocycles. The van der Waals surface area contributed by atoms with Crippen molar-refractivity contribution in [3.05, 3.63) is 0 Å². The molecule has 0 bridgehead atoms. The summed E-state index contributed by atoms with van der Waals surface area (Å²) in [7, 11) is 3.69. The molecule has 0 aliphatic heterocycles. The zero-order valence-corrected chi connectivity index (χ0v) is 10.7. The molecular formula is C10H17N2O3S+. The highest BCUT2D eigenvalue weighted by Gasteiger charge is 2.25. The Kier molecular flexibility index (Phi) is 6.72. The lowest BCUT2D eigenvalue weighted by Crippen LogP contribution is -2.47. The third kappa shape index (κ3) is 6.40. The number of isothiocyanates is 1. The van der Waals surface area contributed by atoms with Crippen molar-refractivity contribution in [3.8, 4) is 0 Å². The summed E-state index contributed by atoms with van der Waals surface area (Å²) in [5.41, 5.74) is 0. The van der Waals surface area contributed by atoms with Crippen LogP contribution in [0, 0.1) is 0 Å². The molecule has 0 heterocycles. The summed E-state index contributed by atoms with van der Waals surface area (Å²) in [4.78, 5) is 26.3. The largest absolute Gasteiger partial charge is 0.460 e. The van der Waals surface area contributed by atoms with Gasteiger partial charge in [-0.15, -0.1) is 0 Å². The van der Waals surface area contributed by atoms with Crippen molar-refractivity contribution >= 4 is 29.1 Å². The summed E-state index contributed by atoms with van der Waals surface area (Å²) in [6, 6.07) is 0. The van der Waals surface area contributed by atoms with E-state index >= 15 is 0 Å². The first-order valence-corrected chi connectivity index (χ1v) is 5.39. The van der Waals surface area contributed by atoms with Crippen molar-refractivity contribution in [3.63, 3.8) is 0 Å². The van der Waals surface area contributed by atoms with Crippen LogP contribution in [0.4, 0.5) is 0 Å². The van der Waals surface area contributed by atoms with Crippen molar-refractivity contribution in [1.82, 2.24) is 0 Å². The Hall–Kier alpha value is -1.10. The lowest BCUT2D eigenvalue weighted by Gasteiger charge is -2.27. The average molecular weight is 245 g/mol. The second-order valence-electron chi connectivity index (χ2n) is 3.93. The minimum Gasteiger partial charge on any atom is -0.460 e. The highest BCUT2D eigenvalue weighted by molar-refractivity contribution is 7.78. The number of rotatable bonds is 7. The van der Waals surface area contributed by atoms with Gasteiger partial charge in [0.25, 0.3) is 5.78 Å². The molecule has 0 aliphatic rings. The van der Waals surface area contributed by atoms with Gasteiger partial charge < -0.3 is 9.22 Å². The van der Waals surface area contributed by atoms with Crippen molar-refractivity contribution in [2.75, 3.05) is 40.3 Å². The normalized spacial score (nSPS) is 10.4. The number of aliphatic imine (C=N–C) groups is 1. The number of hydrogen-bond donors (Lipinski definition) is 0. The van der Waals surface area contributed by atoms with E-state index in [0.29, 0.717) is 17.6 Å². The maximum Gasteiger partial charge on any atom is 0.380 e. The van der Waals surface area contributed by atoms with E-state index in [4.69, 9.17) is 0 Å². The fraction of sp³-hybridized carbons (Fsp3) is 0.700. The molecule has 0 saturated carbocycles. The second kappa shape index (κ2) is 7.22. The van der Waals surface area contributed by atoms with Crippen LogP contribution in [0.5, 0.6) is 0 Å². The number of nitrogens with zero attached hydrogens (tertiary/aromatic N) is 2. The molecule has 6 heteroatoms. The van der Waals surface area contributed by atoms with Crippen LogP contribution in [0.3, 0.4) is 0 Å². The summed E-state index contributed by atoms with van der Waals surface area (Å²) in [6.45, 7) is 3.10. The number of carbonyl (C=O) groups is 2. The monoisotopic (exact) mass is 245 g/mol. The van der Waals surface area contributed by atoms with Crippen LogP contribution in [0.1, 0.15) is 6.92 Å². The highest BCUT2D eigenvalue weighted by atomic mass is 32.1. The SMILES string of the molecule is CCOC(=O)C(=O)C[N+](C)(C)CCN=C=S. The fourth-order valence-corrected chi connectivity index (χ4v) is 1.20. The van der Waals surface area contributed by atoms with E-state index in [2.05, 4.69) is 27.1 Å². The predicted molar refractivity (Wildman–Crippen MR) is 63.4 cm³/mol. The molecule has 5 nitrogen and oxygen atoms in total. The minimum absolute atomic E-state index is 0.103. The fourth-order valence-electron chi connectivity index (χ4n) is 1.11. The quantitative estimate of drug-likeness (QED) is 0.213. The van der Waals surface area contributed by atoms with E-state index in [-0.39, 0.29) is 13.2 Å². The number of carbonyl (C=O) groups excluding carboxylic acids is 2. The van der Waals surface area contributed by atoms with Gasteiger partial charge in [0.1, 0.15) is 6.54 Å². The summed E-state index contributed by atoms with van der Waals surface area (Å²) in [5, 5.41) is 2.26. The van der Waals surface area contributed by atoms with Gasteiger partial charge in [-0.25, -0.2) is 9.79 Å². The Morgan fingerprint density at radius 1 is 1.44 bits per heavy atom. The van der Waals surface area contributed by atoms with Gasteiger partial charge in [-0.1, -0.05) is 0 Å². The number of thiocarbonyl (C=S) groups is 1. The molecule has 0 unspecified atom stereocenters. The van der Waals surface area contributed by atoms with E-state index in [1.165, 1.54) is 0 Å². The Balaban J connectivity index is 4.18. The average Bonchev–Trinajstić information content (AvgIpc) is 2.17. The molecule has 0 saturated heterocycles. The lowest BCUT2D eigenvalue weighted by molar-refractivity contribution is -0.880. The standard InChI is InChI=1S/C10H17N2O3S/c1-4-15-10(14)9(13)7-12(2,3)6-5-11-8-16/h4-7H2,1-3H3/q+1. The maximum absolute atomic E-state index is 11.4. The molecule has 0 amide bonds. The molecule has 0 atom stereocenters. The van der Waals surface area contributed by atoms with Crippen molar-refractivity contribution < 1.29 is 18.8 Å². The number of quaternary nitrogens is 1. The number of ketones is 1. The zero-order chi connectivity index (χ0) is 12.6. The van der Waals surface area contributed by atoms with Crippen molar-refractivity contribution in [1.29, 1.82) is 0 Å². The maximum atomic E-state index is 11.4. The molecule has 16 heavy (non-hydrogen) atoms. The highest BCUT2D eigenvalue weighted by Crippen LogP contribution is 1.98. The first-order valence-electron chi connectivity index (χ1n) is 4.98. The third-order valence-electron chi connectivity index (χ3n) is 1.96. The number of hydrogen-bond acceptors (Lipinski definition) is 5. The van der Waals surface area contributed by atoms with Gasteiger partial charge in [0.2, 0.25) is 0 Å². The van der Waals surface area contributed by atoms with E-state index in [9.17, 15) is 9.59 Å². The van der Waals surface area contributed by atoms with Crippen LogP contribution in [-0.4, -0.2) is 61.7 Å². The third-order valence-corrected chi connectivity index (χ3v) is 2.09. The van der Waals surface area contributed by atoms with Crippen LogP contribution >= 0.6 is 12.2 Å². The van der Waals surface area contributed by atoms with Crippen LogP contribution in [0.25, 0.3) is 0 Å². The van der Waals surface area contributed by atoms with Gasteiger partial charge in [-0.3, -0.25) is 4.79 Å². The van der Waals surface area contributed by atoms with E-state index in [1.807, 2.05) is 14.1 Å². The first-order chi connectivity index (χ1) is 7.43. The molecule has 0 radical (unpaired) electrons. The molecule has 0 N–H and O–H groups in total. The molecule has 0 rings (SSSR count). The van der Waals surface area contributed by atoms with Crippen molar-refractivity contribution in [2.24, 2.45) is 4.99 Å². The number of Topliss-reactive ketones (excluding diaryl/α,β-unsaturated/α-hetero) is 1. The smallest absolute Gasteiger partial charge is 0.380 e. The van der Waals surface area contributed by atoms with Gasteiger partial charge in [-0.05, 0) is 19.1 Å². The second-order valence-corrected chi connectivity index (χ2v) is 4.12. The zero-order valence-electron chi connectivity index (χ0n) is 9.86. The van der Waals surface area contributed by atoms with Gasteiger partial charge in [0, 0.05) is 0 Å². The summed E-state index contributed by atoms with van der Waals surface area (Å²) in [6.07, 6.45) is 0. The predicted octanol–water partition coefficient (Wildman–Crippen LogP) is 0.298. The van der Waals surface area contributed by atoms with E-state index in [1.54, 1.807) is 6.92 Å². The van der Waals surface area contributed by atoms with E-state index < -0.39 is 11.8 Å². The molecule has 0 aliphatic carbocycles. The van der Waals surface area contributed by atoms with E-state index in [0.717, 1.165) is 0 Å². The Morgan fingerprint density at radius 3 is 2.56 bits per heavy atom.